The number of halogens is 3. The van der Waals surface area contributed by atoms with E-state index in [-0.39, 0.29) is 29.7 Å². The number of methoxy groups -OCH3 is 1. The van der Waals surface area contributed by atoms with Crippen LogP contribution in [0.15, 0.2) is 6.07 Å². The Labute approximate surface area is 154 Å². The van der Waals surface area contributed by atoms with E-state index in [1.54, 1.807) is 4.90 Å². The molecule has 0 spiro atoms. The van der Waals surface area contributed by atoms with Crippen LogP contribution in [0.1, 0.15) is 18.5 Å². The SMILES string of the molecule is C#C[C@H]1CCN1c1nc(N2C[C@@H]3C(CC(=O)OC)[C@@H]3C2)cc(C(F)(F)F)n1. The van der Waals surface area contributed by atoms with Crippen LogP contribution in [0.4, 0.5) is 24.9 Å². The summed E-state index contributed by atoms with van der Waals surface area (Å²) in [5.74, 6) is 3.42. The summed E-state index contributed by atoms with van der Waals surface area (Å²) in [5, 5.41) is 0. The lowest BCUT2D eigenvalue weighted by atomic mass is 10.1. The summed E-state index contributed by atoms with van der Waals surface area (Å²) in [6.07, 6.45) is 1.94. The first-order valence-corrected chi connectivity index (χ1v) is 8.82. The molecule has 3 aliphatic rings. The predicted molar refractivity (Wildman–Crippen MR) is 90.9 cm³/mol. The lowest BCUT2D eigenvalue weighted by molar-refractivity contribution is -0.142. The van der Waals surface area contributed by atoms with Crippen molar-refractivity contribution >= 4 is 17.7 Å². The topological polar surface area (TPSA) is 58.6 Å². The third-order valence-corrected chi connectivity index (χ3v) is 5.79. The molecule has 0 bridgehead atoms. The van der Waals surface area contributed by atoms with E-state index in [0.717, 1.165) is 6.07 Å². The molecule has 0 aromatic carbocycles. The van der Waals surface area contributed by atoms with Crippen LogP contribution in [0.5, 0.6) is 0 Å². The van der Waals surface area contributed by atoms with Gasteiger partial charge in [-0.25, -0.2) is 4.98 Å². The Kier molecular flexibility index (Phi) is 4.17. The van der Waals surface area contributed by atoms with Crippen LogP contribution >= 0.6 is 0 Å². The number of anilines is 2. The molecule has 4 rings (SSSR count). The van der Waals surface area contributed by atoms with Crippen LogP contribution in [0.3, 0.4) is 0 Å². The quantitative estimate of drug-likeness (QED) is 0.588. The van der Waals surface area contributed by atoms with Crippen molar-refractivity contribution in [2.24, 2.45) is 17.8 Å². The summed E-state index contributed by atoms with van der Waals surface area (Å²) in [6, 6.07) is 0.728. The number of carbonyl (C=O) groups excluding carboxylic acids is 1. The third kappa shape index (κ3) is 3.17. The van der Waals surface area contributed by atoms with Gasteiger partial charge in [0.2, 0.25) is 5.95 Å². The maximum atomic E-state index is 13.3. The highest BCUT2D eigenvalue weighted by molar-refractivity contribution is 5.70. The molecule has 0 amide bonds. The Morgan fingerprint density at radius 1 is 1.37 bits per heavy atom. The Morgan fingerprint density at radius 2 is 2.07 bits per heavy atom. The van der Waals surface area contributed by atoms with E-state index in [1.165, 1.54) is 7.11 Å². The summed E-state index contributed by atoms with van der Waals surface area (Å²) in [6.45, 7) is 1.71. The Bertz CT molecular complexity index is 795. The molecule has 4 atom stereocenters. The van der Waals surface area contributed by atoms with E-state index in [1.807, 2.05) is 4.90 Å². The zero-order chi connectivity index (χ0) is 19.3. The Balaban J connectivity index is 1.54. The van der Waals surface area contributed by atoms with Crippen molar-refractivity contribution in [2.75, 3.05) is 36.5 Å². The molecular weight excluding hydrogens is 361 g/mol. The molecule has 0 radical (unpaired) electrons. The fourth-order valence-corrected chi connectivity index (χ4v) is 4.07. The predicted octanol–water partition coefficient (Wildman–Crippen LogP) is 1.95. The normalized spacial score (nSPS) is 29.0. The molecule has 144 valence electrons. The number of aromatic nitrogens is 2. The van der Waals surface area contributed by atoms with Crippen LogP contribution < -0.4 is 9.80 Å². The minimum absolute atomic E-state index is 0.0284. The summed E-state index contributed by atoms with van der Waals surface area (Å²) in [4.78, 5) is 22.9. The van der Waals surface area contributed by atoms with Crippen LogP contribution in [0.2, 0.25) is 0 Å². The van der Waals surface area contributed by atoms with Gasteiger partial charge in [-0.05, 0) is 24.2 Å². The number of rotatable bonds is 4. The smallest absolute Gasteiger partial charge is 0.433 e. The Morgan fingerprint density at radius 3 is 2.59 bits per heavy atom. The fraction of sp³-hybridized carbons (Fsp3) is 0.611. The van der Waals surface area contributed by atoms with E-state index in [4.69, 9.17) is 11.2 Å². The number of ether oxygens (including phenoxy) is 1. The number of hydrogen-bond donors (Lipinski definition) is 0. The van der Waals surface area contributed by atoms with Gasteiger partial charge in [-0.15, -0.1) is 6.42 Å². The summed E-state index contributed by atoms with van der Waals surface area (Å²) < 4.78 is 44.6. The number of hydrogen-bond acceptors (Lipinski definition) is 6. The van der Waals surface area contributed by atoms with Crippen molar-refractivity contribution in [3.63, 3.8) is 0 Å². The van der Waals surface area contributed by atoms with Crippen molar-refractivity contribution in [2.45, 2.75) is 25.1 Å². The molecule has 3 fully saturated rings. The van der Waals surface area contributed by atoms with Crippen LogP contribution in [0, 0.1) is 30.1 Å². The van der Waals surface area contributed by atoms with Gasteiger partial charge in [0.15, 0.2) is 5.69 Å². The monoisotopic (exact) mass is 380 g/mol. The highest BCUT2D eigenvalue weighted by Gasteiger charge is 2.56. The van der Waals surface area contributed by atoms with Gasteiger partial charge in [0.1, 0.15) is 5.82 Å². The minimum Gasteiger partial charge on any atom is -0.469 e. The van der Waals surface area contributed by atoms with Gasteiger partial charge < -0.3 is 14.5 Å². The van der Waals surface area contributed by atoms with Crippen LogP contribution in [0.25, 0.3) is 0 Å². The Hall–Kier alpha value is -2.50. The number of esters is 1. The van der Waals surface area contributed by atoms with E-state index in [2.05, 4.69) is 15.9 Å². The maximum Gasteiger partial charge on any atom is 0.433 e. The van der Waals surface area contributed by atoms with Crippen molar-refractivity contribution < 1.29 is 22.7 Å². The lowest BCUT2D eigenvalue weighted by Crippen LogP contribution is -2.48. The second-order valence-corrected chi connectivity index (χ2v) is 7.25. The molecule has 0 N–H and O–H groups in total. The average molecular weight is 380 g/mol. The molecule has 1 aromatic heterocycles. The van der Waals surface area contributed by atoms with Gasteiger partial charge >= 0.3 is 12.1 Å². The largest absolute Gasteiger partial charge is 0.469 e. The van der Waals surface area contributed by atoms with E-state index in [9.17, 15) is 18.0 Å². The fourth-order valence-electron chi connectivity index (χ4n) is 4.07. The number of alkyl halides is 3. The first-order valence-electron chi connectivity index (χ1n) is 8.82. The van der Waals surface area contributed by atoms with Gasteiger partial charge in [0, 0.05) is 32.1 Å². The number of nitrogens with zero attached hydrogens (tertiary/aromatic N) is 4. The molecule has 1 saturated carbocycles. The number of piperidine rings is 1. The van der Waals surface area contributed by atoms with Gasteiger partial charge in [-0.3, -0.25) is 4.79 Å². The highest BCUT2D eigenvalue weighted by Crippen LogP contribution is 2.54. The molecule has 2 aliphatic heterocycles. The summed E-state index contributed by atoms with van der Waals surface area (Å²) >= 11 is 0. The second kappa shape index (κ2) is 6.29. The lowest BCUT2D eigenvalue weighted by Gasteiger charge is -2.38. The van der Waals surface area contributed by atoms with Crippen LogP contribution in [-0.4, -0.2) is 48.7 Å². The molecule has 27 heavy (non-hydrogen) atoms. The van der Waals surface area contributed by atoms with E-state index < -0.39 is 11.9 Å². The number of terminal acetylenes is 1. The molecule has 1 unspecified atom stereocenters. The maximum absolute atomic E-state index is 13.3. The van der Waals surface area contributed by atoms with E-state index in [0.29, 0.717) is 44.3 Å². The average Bonchev–Trinajstić information content (AvgIpc) is 3.02. The standard InChI is InChI=1S/C18H19F3N4O2/c1-3-10-4-5-25(10)17-22-14(18(19,20)21)7-15(23-17)24-8-12-11(13(12)9-24)6-16(26)27-2/h1,7,10-13H,4-6,8-9H2,2H3/t10-,11?,12-,13+/m0/s1. The molecule has 3 heterocycles. The van der Waals surface area contributed by atoms with Crippen molar-refractivity contribution in [3.05, 3.63) is 11.8 Å². The summed E-state index contributed by atoms with van der Waals surface area (Å²) in [5.41, 5.74) is -0.961. The summed E-state index contributed by atoms with van der Waals surface area (Å²) in [7, 11) is 1.35. The molecule has 2 saturated heterocycles. The van der Waals surface area contributed by atoms with Gasteiger partial charge in [0.05, 0.1) is 13.2 Å². The highest BCUT2D eigenvalue weighted by atomic mass is 19.4. The first kappa shape index (κ1) is 17.9. The minimum atomic E-state index is -4.56. The van der Waals surface area contributed by atoms with Gasteiger partial charge in [-0.2, -0.15) is 18.2 Å². The first-order chi connectivity index (χ1) is 12.8. The van der Waals surface area contributed by atoms with Crippen LogP contribution in [-0.2, 0) is 15.7 Å². The number of fused-ring (bicyclic) bond motifs is 1. The third-order valence-electron chi connectivity index (χ3n) is 5.79. The van der Waals surface area contributed by atoms with Gasteiger partial charge in [-0.1, -0.05) is 5.92 Å². The van der Waals surface area contributed by atoms with Crippen molar-refractivity contribution in [3.8, 4) is 12.3 Å². The molecule has 9 heteroatoms. The molecule has 1 aliphatic carbocycles. The zero-order valence-electron chi connectivity index (χ0n) is 14.7. The van der Waals surface area contributed by atoms with Crippen molar-refractivity contribution in [1.29, 1.82) is 0 Å². The zero-order valence-corrected chi connectivity index (χ0v) is 14.7. The molecular formula is C18H19F3N4O2. The number of carbonyl (C=O) groups is 1. The van der Waals surface area contributed by atoms with Gasteiger partial charge in [0.25, 0.3) is 0 Å². The molecule has 1 aromatic rings. The van der Waals surface area contributed by atoms with Crippen molar-refractivity contribution in [1.82, 2.24) is 9.97 Å². The van der Waals surface area contributed by atoms with E-state index >= 15 is 0 Å². The molecule has 6 nitrogen and oxygen atoms in total. The second-order valence-electron chi connectivity index (χ2n) is 7.25.